The molecule has 1 aliphatic heterocycles. The van der Waals surface area contributed by atoms with Gasteiger partial charge in [-0.25, -0.2) is 4.79 Å². The lowest BCUT2D eigenvalue weighted by atomic mass is 9.73. The largest absolute Gasteiger partial charge is 0.480 e. The van der Waals surface area contributed by atoms with Gasteiger partial charge in [-0.3, -0.25) is 4.79 Å². The zero-order valence-electron chi connectivity index (χ0n) is 13.1. The molecule has 0 amide bonds. The molecule has 24 heavy (non-hydrogen) atoms. The van der Waals surface area contributed by atoms with Crippen LogP contribution in [0, 0.1) is 11.8 Å². The summed E-state index contributed by atoms with van der Waals surface area (Å²) in [4.78, 5) is 23.4. The van der Waals surface area contributed by atoms with Crippen molar-refractivity contribution < 1.29 is 19.8 Å². The third kappa shape index (κ3) is 3.87. The van der Waals surface area contributed by atoms with Crippen LogP contribution in [-0.2, 0) is 4.79 Å². The molecular formula is C17H20ClNO4S. The number of hydrogen-bond donors (Lipinski definition) is 3. The summed E-state index contributed by atoms with van der Waals surface area (Å²) in [5.41, 5.74) is 0.239. The fraction of sp³-hybridized carbons (Fsp3) is 0.529. The number of halogens is 1. The highest BCUT2D eigenvalue weighted by atomic mass is 35.5. The van der Waals surface area contributed by atoms with Gasteiger partial charge in [-0.1, -0.05) is 11.6 Å². The van der Waals surface area contributed by atoms with Gasteiger partial charge in [0, 0.05) is 15.2 Å². The SMILES string of the molecule is O=C(O)c1cc(Cl)ccc1S[C@H]1CCC2CN[C@H](C(=O)O)CC2C1. The molecule has 1 aliphatic carbocycles. The molecule has 0 spiro atoms. The zero-order chi connectivity index (χ0) is 17.3. The van der Waals surface area contributed by atoms with Crippen molar-refractivity contribution in [2.45, 2.75) is 41.9 Å². The first-order chi connectivity index (χ1) is 11.4. The minimum absolute atomic E-state index is 0.239. The molecule has 4 atom stereocenters. The molecule has 1 aromatic carbocycles. The number of nitrogens with one attached hydrogen (secondary N) is 1. The van der Waals surface area contributed by atoms with Crippen LogP contribution in [0.15, 0.2) is 23.1 Å². The van der Waals surface area contributed by atoms with Crippen LogP contribution in [0.2, 0.25) is 5.02 Å². The third-order valence-electron chi connectivity index (χ3n) is 5.02. The Kier molecular flexibility index (Phi) is 5.37. The molecule has 3 N–H and O–H groups in total. The predicted octanol–water partition coefficient (Wildman–Crippen LogP) is 3.36. The monoisotopic (exact) mass is 369 g/mol. The van der Waals surface area contributed by atoms with Gasteiger partial charge in [0.25, 0.3) is 0 Å². The quantitative estimate of drug-likeness (QED) is 0.754. The molecule has 1 saturated heterocycles. The van der Waals surface area contributed by atoms with E-state index < -0.39 is 18.0 Å². The maximum Gasteiger partial charge on any atom is 0.336 e. The van der Waals surface area contributed by atoms with Crippen molar-refractivity contribution in [1.82, 2.24) is 5.32 Å². The van der Waals surface area contributed by atoms with E-state index in [9.17, 15) is 19.8 Å². The molecule has 7 heteroatoms. The molecule has 2 aliphatic rings. The molecule has 1 aromatic rings. The van der Waals surface area contributed by atoms with Crippen molar-refractivity contribution in [3.05, 3.63) is 28.8 Å². The summed E-state index contributed by atoms with van der Waals surface area (Å²) in [6.07, 6.45) is 3.66. The van der Waals surface area contributed by atoms with Gasteiger partial charge in [0.2, 0.25) is 0 Å². The van der Waals surface area contributed by atoms with Crippen LogP contribution in [0.5, 0.6) is 0 Å². The average molecular weight is 370 g/mol. The van der Waals surface area contributed by atoms with Gasteiger partial charge in [-0.05, 0) is 62.3 Å². The average Bonchev–Trinajstić information content (AvgIpc) is 2.55. The van der Waals surface area contributed by atoms with E-state index in [1.807, 2.05) is 0 Å². The second-order valence-corrected chi connectivity index (χ2v) is 8.33. The fourth-order valence-corrected chi connectivity index (χ4v) is 5.32. The second kappa shape index (κ2) is 7.33. The van der Waals surface area contributed by atoms with Crippen LogP contribution >= 0.6 is 23.4 Å². The van der Waals surface area contributed by atoms with Gasteiger partial charge in [-0.15, -0.1) is 11.8 Å². The Hall–Kier alpha value is -1.24. The number of piperidine rings is 1. The number of aromatic carboxylic acids is 1. The summed E-state index contributed by atoms with van der Waals surface area (Å²) in [6.45, 7) is 0.764. The van der Waals surface area contributed by atoms with Gasteiger partial charge in [0.1, 0.15) is 6.04 Å². The predicted molar refractivity (Wildman–Crippen MR) is 92.9 cm³/mol. The summed E-state index contributed by atoms with van der Waals surface area (Å²) in [7, 11) is 0. The Morgan fingerprint density at radius 3 is 2.67 bits per heavy atom. The maximum atomic E-state index is 11.4. The van der Waals surface area contributed by atoms with E-state index in [1.54, 1.807) is 23.9 Å². The van der Waals surface area contributed by atoms with E-state index in [0.29, 0.717) is 28.5 Å². The van der Waals surface area contributed by atoms with Crippen molar-refractivity contribution >= 4 is 35.3 Å². The molecule has 130 valence electrons. The number of thioether (sulfide) groups is 1. The van der Waals surface area contributed by atoms with Gasteiger partial charge >= 0.3 is 11.9 Å². The lowest BCUT2D eigenvalue weighted by Gasteiger charge is -2.41. The van der Waals surface area contributed by atoms with Gasteiger partial charge in [0.05, 0.1) is 5.56 Å². The Morgan fingerprint density at radius 1 is 1.17 bits per heavy atom. The van der Waals surface area contributed by atoms with Crippen molar-refractivity contribution in [2.75, 3.05) is 6.54 Å². The number of carbonyl (C=O) groups is 2. The van der Waals surface area contributed by atoms with Crippen LogP contribution in [-0.4, -0.2) is 40.0 Å². The van der Waals surface area contributed by atoms with Crippen molar-refractivity contribution in [2.24, 2.45) is 11.8 Å². The van der Waals surface area contributed by atoms with E-state index >= 15 is 0 Å². The van der Waals surface area contributed by atoms with Gasteiger partial charge in [-0.2, -0.15) is 0 Å². The minimum Gasteiger partial charge on any atom is -0.480 e. The summed E-state index contributed by atoms with van der Waals surface area (Å²) in [6, 6.07) is 4.51. The van der Waals surface area contributed by atoms with Gasteiger partial charge < -0.3 is 15.5 Å². The summed E-state index contributed by atoms with van der Waals surface area (Å²) in [5.74, 6) is -0.837. The molecule has 0 radical (unpaired) electrons. The summed E-state index contributed by atoms with van der Waals surface area (Å²) >= 11 is 7.49. The zero-order valence-corrected chi connectivity index (χ0v) is 14.6. The topological polar surface area (TPSA) is 86.6 Å². The Morgan fingerprint density at radius 2 is 1.96 bits per heavy atom. The van der Waals surface area contributed by atoms with Crippen LogP contribution in [0.25, 0.3) is 0 Å². The minimum atomic E-state index is -0.971. The summed E-state index contributed by atoms with van der Waals surface area (Å²) in [5, 5.41) is 22.4. The molecular weight excluding hydrogens is 350 g/mol. The van der Waals surface area contributed by atoms with Crippen molar-refractivity contribution in [3.8, 4) is 0 Å². The molecule has 3 rings (SSSR count). The Balaban J connectivity index is 1.69. The number of hydrogen-bond acceptors (Lipinski definition) is 4. The first kappa shape index (κ1) is 17.6. The molecule has 1 saturated carbocycles. The Labute approximate surface area is 149 Å². The van der Waals surface area contributed by atoms with Crippen molar-refractivity contribution in [3.63, 3.8) is 0 Å². The lowest BCUT2D eigenvalue weighted by Crippen LogP contribution is -2.49. The van der Waals surface area contributed by atoms with Gasteiger partial charge in [0.15, 0.2) is 0 Å². The van der Waals surface area contributed by atoms with Crippen LogP contribution < -0.4 is 5.32 Å². The fourth-order valence-electron chi connectivity index (χ4n) is 3.77. The van der Waals surface area contributed by atoms with Crippen LogP contribution in [0.1, 0.15) is 36.0 Å². The van der Waals surface area contributed by atoms with E-state index in [4.69, 9.17) is 11.6 Å². The molecule has 1 heterocycles. The number of fused-ring (bicyclic) bond motifs is 1. The van der Waals surface area contributed by atoms with E-state index in [-0.39, 0.29) is 5.56 Å². The number of benzene rings is 1. The lowest BCUT2D eigenvalue weighted by molar-refractivity contribution is -0.141. The van der Waals surface area contributed by atoms with Crippen LogP contribution in [0.3, 0.4) is 0 Å². The van der Waals surface area contributed by atoms with Crippen molar-refractivity contribution in [1.29, 1.82) is 0 Å². The highest BCUT2D eigenvalue weighted by Gasteiger charge is 2.38. The molecule has 2 fully saturated rings. The third-order valence-corrected chi connectivity index (χ3v) is 6.63. The number of carboxylic acid groups (broad SMARTS) is 2. The maximum absolute atomic E-state index is 11.4. The molecule has 0 bridgehead atoms. The second-order valence-electron chi connectivity index (χ2n) is 6.55. The van der Waals surface area contributed by atoms with E-state index in [1.165, 1.54) is 6.07 Å². The Bertz CT molecular complexity index is 653. The number of carboxylic acids is 2. The molecule has 5 nitrogen and oxygen atoms in total. The van der Waals surface area contributed by atoms with E-state index in [0.717, 1.165) is 30.7 Å². The standard InChI is InChI=1S/C17H20ClNO4S/c18-11-2-4-15(13(7-11)16(20)21)24-12-3-1-9-8-19-14(17(22)23)6-10(9)5-12/h2,4,7,9-10,12,14,19H,1,3,5-6,8H2,(H,20,21)(H,22,23)/t9?,10?,12-,14-/m0/s1. The highest BCUT2D eigenvalue weighted by Crippen LogP contribution is 2.43. The summed E-state index contributed by atoms with van der Waals surface area (Å²) < 4.78 is 0. The first-order valence-electron chi connectivity index (χ1n) is 8.09. The van der Waals surface area contributed by atoms with Crippen LogP contribution in [0.4, 0.5) is 0 Å². The molecule has 0 aromatic heterocycles. The number of rotatable bonds is 4. The normalized spacial score (nSPS) is 29.7. The highest BCUT2D eigenvalue weighted by molar-refractivity contribution is 8.00. The van der Waals surface area contributed by atoms with E-state index in [2.05, 4.69) is 5.32 Å². The molecule has 2 unspecified atom stereocenters. The number of aliphatic carboxylic acids is 1. The first-order valence-corrected chi connectivity index (χ1v) is 9.35. The smallest absolute Gasteiger partial charge is 0.336 e.